The molecule has 1 atom stereocenters. The van der Waals surface area contributed by atoms with Crippen LogP contribution in [0.25, 0.3) is 10.8 Å². The van der Waals surface area contributed by atoms with Gasteiger partial charge < -0.3 is 0 Å². The van der Waals surface area contributed by atoms with Crippen molar-refractivity contribution in [2.75, 3.05) is 0 Å². The van der Waals surface area contributed by atoms with E-state index in [1.165, 1.54) is 5.48 Å². The number of fused-ring (bicyclic) bond motifs is 1. The van der Waals surface area contributed by atoms with Crippen molar-refractivity contribution < 1.29 is 18.4 Å². The van der Waals surface area contributed by atoms with E-state index in [1.807, 2.05) is 50.2 Å². The fourth-order valence-corrected chi connectivity index (χ4v) is 3.90. The van der Waals surface area contributed by atoms with E-state index in [-0.39, 0.29) is 11.7 Å². The molecule has 0 aliphatic heterocycles. The molecule has 0 aliphatic carbocycles. The zero-order chi connectivity index (χ0) is 17.7. The van der Waals surface area contributed by atoms with Crippen LogP contribution in [-0.2, 0) is 20.6 Å². The van der Waals surface area contributed by atoms with Gasteiger partial charge in [-0.3, -0.25) is 10.0 Å². The highest BCUT2D eigenvalue weighted by atomic mass is 32.2. The molecule has 2 aromatic rings. The Kier molecular flexibility index (Phi) is 5.93. The Morgan fingerprint density at radius 3 is 2.42 bits per heavy atom. The molecule has 0 bridgehead atoms. The first-order valence-corrected chi connectivity index (χ1v) is 9.37. The minimum absolute atomic E-state index is 0.0932. The van der Waals surface area contributed by atoms with Crippen molar-refractivity contribution >= 4 is 26.7 Å². The molecular formula is C17H22N2O4S. The molecule has 2 aromatic carbocycles. The Bertz CT molecular complexity index is 818. The summed E-state index contributed by atoms with van der Waals surface area (Å²) in [7, 11) is -3.73. The standard InChI is InChI=1S/C17H22N2O4S/c1-12(2)9-16(17(20)18-21)19-24(22,23)11-13-7-8-14-5-3-4-6-15(14)10-13/h3-8,10,12,16,19,21H,9,11H2,1-2H3,(H,18,20)/t16-/m1/s1. The van der Waals surface area contributed by atoms with E-state index in [9.17, 15) is 13.2 Å². The zero-order valence-corrected chi connectivity index (χ0v) is 14.5. The number of carbonyl (C=O) groups excluding carboxylic acids is 1. The molecule has 0 aliphatic rings. The molecule has 3 N–H and O–H groups in total. The minimum atomic E-state index is -3.73. The summed E-state index contributed by atoms with van der Waals surface area (Å²) in [6.07, 6.45) is 0.295. The average Bonchev–Trinajstić information content (AvgIpc) is 2.52. The van der Waals surface area contributed by atoms with Gasteiger partial charge in [0.15, 0.2) is 0 Å². The van der Waals surface area contributed by atoms with Crippen LogP contribution in [-0.4, -0.2) is 25.6 Å². The van der Waals surface area contributed by atoms with E-state index < -0.39 is 22.0 Å². The first-order chi connectivity index (χ1) is 11.3. The molecule has 0 unspecified atom stereocenters. The highest BCUT2D eigenvalue weighted by molar-refractivity contribution is 7.88. The lowest BCUT2D eigenvalue weighted by Gasteiger charge is -2.18. The summed E-state index contributed by atoms with van der Waals surface area (Å²) in [6, 6.07) is 12.1. The number of amides is 1. The number of rotatable bonds is 7. The van der Waals surface area contributed by atoms with Crippen molar-refractivity contribution in [2.45, 2.75) is 32.1 Å². The number of hydroxylamine groups is 1. The fraction of sp³-hybridized carbons (Fsp3) is 0.353. The van der Waals surface area contributed by atoms with Gasteiger partial charge in [-0.15, -0.1) is 0 Å². The van der Waals surface area contributed by atoms with Crippen LogP contribution in [0.5, 0.6) is 0 Å². The Labute approximate surface area is 141 Å². The van der Waals surface area contributed by atoms with Crippen molar-refractivity contribution in [3.05, 3.63) is 48.0 Å². The molecule has 0 heterocycles. The van der Waals surface area contributed by atoms with Crippen LogP contribution in [0.3, 0.4) is 0 Å². The molecule has 6 nitrogen and oxygen atoms in total. The molecule has 0 aromatic heterocycles. The van der Waals surface area contributed by atoms with Gasteiger partial charge in [-0.25, -0.2) is 18.6 Å². The second-order valence-electron chi connectivity index (χ2n) is 6.22. The van der Waals surface area contributed by atoms with Crippen LogP contribution in [0.2, 0.25) is 0 Å². The minimum Gasteiger partial charge on any atom is -0.289 e. The number of benzene rings is 2. The predicted molar refractivity (Wildman–Crippen MR) is 92.9 cm³/mol. The summed E-state index contributed by atoms with van der Waals surface area (Å²) in [4.78, 5) is 11.7. The van der Waals surface area contributed by atoms with E-state index in [2.05, 4.69) is 4.72 Å². The summed E-state index contributed by atoms with van der Waals surface area (Å²) in [5.41, 5.74) is 2.15. The number of hydrogen-bond acceptors (Lipinski definition) is 4. The molecule has 1 amide bonds. The van der Waals surface area contributed by atoms with Gasteiger partial charge in [-0.05, 0) is 28.7 Å². The third-order valence-electron chi connectivity index (χ3n) is 3.63. The first kappa shape index (κ1) is 18.4. The van der Waals surface area contributed by atoms with Gasteiger partial charge in [0.2, 0.25) is 10.0 Å². The highest BCUT2D eigenvalue weighted by Crippen LogP contribution is 2.17. The molecule has 24 heavy (non-hydrogen) atoms. The quantitative estimate of drug-likeness (QED) is 0.527. The lowest BCUT2D eigenvalue weighted by molar-refractivity contribution is -0.131. The molecule has 0 fully saturated rings. The second-order valence-corrected chi connectivity index (χ2v) is 7.97. The van der Waals surface area contributed by atoms with E-state index >= 15 is 0 Å². The molecule has 0 radical (unpaired) electrons. The third-order valence-corrected chi connectivity index (χ3v) is 4.98. The smallest absolute Gasteiger partial charge is 0.261 e. The lowest BCUT2D eigenvalue weighted by atomic mass is 10.0. The van der Waals surface area contributed by atoms with E-state index in [4.69, 9.17) is 5.21 Å². The molecule has 2 rings (SSSR count). The Morgan fingerprint density at radius 1 is 1.12 bits per heavy atom. The van der Waals surface area contributed by atoms with Crippen LogP contribution in [0.4, 0.5) is 0 Å². The number of nitrogens with one attached hydrogen (secondary N) is 2. The summed E-state index contributed by atoms with van der Waals surface area (Å²) < 4.78 is 27.1. The summed E-state index contributed by atoms with van der Waals surface area (Å²) in [5, 5.41) is 10.8. The van der Waals surface area contributed by atoms with Crippen LogP contribution in [0.15, 0.2) is 42.5 Å². The van der Waals surface area contributed by atoms with Gasteiger partial charge >= 0.3 is 0 Å². The molecular weight excluding hydrogens is 328 g/mol. The van der Waals surface area contributed by atoms with Gasteiger partial charge in [0.25, 0.3) is 5.91 Å². The third kappa shape index (κ3) is 5.02. The normalized spacial score (nSPS) is 13.2. The van der Waals surface area contributed by atoms with Crippen molar-refractivity contribution in [3.63, 3.8) is 0 Å². The Hall–Kier alpha value is -1.96. The zero-order valence-electron chi connectivity index (χ0n) is 13.7. The molecule has 7 heteroatoms. The molecule has 0 saturated carbocycles. The van der Waals surface area contributed by atoms with E-state index in [0.29, 0.717) is 12.0 Å². The maximum atomic E-state index is 12.4. The maximum Gasteiger partial charge on any atom is 0.261 e. The highest BCUT2D eigenvalue weighted by Gasteiger charge is 2.25. The van der Waals surface area contributed by atoms with Crippen LogP contribution in [0, 0.1) is 5.92 Å². The summed E-state index contributed by atoms with van der Waals surface area (Å²) >= 11 is 0. The number of hydrogen-bond donors (Lipinski definition) is 3. The van der Waals surface area contributed by atoms with Gasteiger partial charge in [-0.1, -0.05) is 56.3 Å². The van der Waals surface area contributed by atoms with Crippen LogP contribution >= 0.6 is 0 Å². The van der Waals surface area contributed by atoms with E-state index in [0.717, 1.165) is 10.8 Å². The maximum absolute atomic E-state index is 12.4. The predicted octanol–water partition coefficient (Wildman–Crippen LogP) is 2.18. The Morgan fingerprint density at radius 2 is 1.79 bits per heavy atom. The average molecular weight is 350 g/mol. The molecule has 0 saturated heterocycles. The molecule has 130 valence electrons. The van der Waals surface area contributed by atoms with E-state index in [1.54, 1.807) is 6.07 Å². The summed E-state index contributed by atoms with van der Waals surface area (Å²) in [5.74, 6) is -0.896. The van der Waals surface area contributed by atoms with Crippen molar-refractivity contribution in [1.82, 2.24) is 10.2 Å². The topological polar surface area (TPSA) is 95.5 Å². The van der Waals surface area contributed by atoms with Gasteiger partial charge in [-0.2, -0.15) is 0 Å². The fourth-order valence-electron chi connectivity index (χ4n) is 2.56. The number of sulfonamides is 1. The largest absolute Gasteiger partial charge is 0.289 e. The van der Waals surface area contributed by atoms with Crippen molar-refractivity contribution in [3.8, 4) is 0 Å². The van der Waals surface area contributed by atoms with Crippen molar-refractivity contribution in [2.24, 2.45) is 5.92 Å². The number of carbonyl (C=O) groups is 1. The van der Waals surface area contributed by atoms with Gasteiger partial charge in [0.1, 0.15) is 6.04 Å². The monoisotopic (exact) mass is 350 g/mol. The lowest BCUT2D eigenvalue weighted by Crippen LogP contribution is -2.46. The Balaban J connectivity index is 2.17. The summed E-state index contributed by atoms with van der Waals surface area (Å²) in [6.45, 7) is 3.74. The van der Waals surface area contributed by atoms with Crippen molar-refractivity contribution in [1.29, 1.82) is 0 Å². The SMILES string of the molecule is CC(C)C[C@@H](NS(=O)(=O)Cc1ccc2ccccc2c1)C(=O)NO. The second kappa shape index (κ2) is 7.74. The molecule has 0 spiro atoms. The van der Waals surface area contributed by atoms with Gasteiger partial charge in [0.05, 0.1) is 5.75 Å². The first-order valence-electron chi connectivity index (χ1n) is 7.72. The van der Waals surface area contributed by atoms with Gasteiger partial charge in [0, 0.05) is 0 Å². The van der Waals surface area contributed by atoms with Crippen LogP contribution < -0.4 is 10.2 Å². The van der Waals surface area contributed by atoms with Crippen LogP contribution in [0.1, 0.15) is 25.8 Å².